The van der Waals surface area contributed by atoms with E-state index in [1.807, 2.05) is 12.1 Å². The first kappa shape index (κ1) is 17.8. The molecule has 2 amide bonds. The minimum Gasteiger partial charge on any atom is -0.496 e. The number of rotatable bonds is 4. The smallest absolute Gasteiger partial charge is 0.273 e. The number of carbonyl (C=O) groups excluding carboxylic acids is 2. The molecule has 0 aliphatic carbocycles. The molecule has 0 unspecified atom stereocenters. The lowest BCUT2D eigenvalue weighted by Gasteiger charge is -2.11. The van der Waals surface area contributed by atoms with Crippen LogP contribution in [0.2, 0.25) is 5.02 Å². The minimum absolute atomic E-state index is 0.237. The summed E-state index contributed by atoms with van der Waals surface area (Å²) in [6.07, 6.45) is 0. The average Bonchev–Trinajstić information content (AvgIpc) is 2.59. The van der Waals surface area contributed by atoms with E-state index in [0.717, 1.165) is 5.56 Å². The van der Waals surface area contributed by atoms with Gasteiger partial charge in [0.1, 0.15) is 5.75 Å². The zero-order valence-electron chi connectivity index (χ0n) is 13.7. The number of benzene rings is 2. The summed E-state index contributed by atoms with van der Waals surface area (Å²) >= 11 is 5.89. The third-order valence-electron chi connectivity index (χ3n) is 3.54. The molecule has 0 aliphatic rings. The first-order valence-electron chi connectivity index (χ1n) is 7.46. The number of hydrogen-bond donors (Lipinski definition) is 2. The summed E-state index contributed by atoms with van der Waals surface area (Å²) in [5.41, 5.74) is 6.57. The maximum atomic E-state index is 12.2. The first-order chi connectivity index (χ1) is 11.4. The number of hydrogen-bond acceptors (Lipinski definition) is 3. The Bertz CT molecular complexity index is 742. The molecule has 5 nitrogen and oxygen atoms in total. The number of methoxy groups -OCH3 is 1. The van der Waals surface area contributed by atoms with Crippen LogP contribution in [0.4, 0.5) is 0 Å². The largest absolute Gasteiger partial charge is 0.496 e. The standard InChI is InChI=1S/C18H19ClN2O3/c1-11(2)12-4-6-13(7-5-12)17(22)20-21-18(23)15-10-14(19)8-9-16(15)24-3/h4-11H,1-3H3,(H,20,22)(H,21,23). The van der Waals surface area contributed by atoms with Crippen molar-refractivity contribution in [2.75, 3.05) is 7.11 Å². The Morgan fingerprint density at radius 1 is 1.00 bits per heavy atom. The van der Waals surface area contributed by atoms with E-state index in [1.165, 1.54) is 13.2 Å². The van der Waals surface area contributed by atoms with Crippen molar-refractivity contribution in [3.63, 3.8) is 0 Å². The number of nitrogens with one attached hydrogen (secondary N) is 2. The topological polar surface area (TPSA) is 67.4 Å². The van der Waals surface area contributed by atoms with E-state index in [-0.39, 0.29) is 5.56 Å². The van der Waals surface area contributed by atoms with E-state index >= 15 is 0 Å². The Hall–Kier alpha value is -2.53. The van der Waals surface area contributed by atoms with E-state index in [9.17, 15) is 9.59 Å². The van der Waals surface area contributed by atoms with Crippen LogP contribution in [0.15, 0.2) is 42.5 Å². The van der Waals surface area contributed by atoms with Gasteiger partial charge in [-0.15, -0.1) is 0 Å². The molecular weight excluding hydrogens is 328 g/mol. The minimum atomic E-state index is -0.512. The molecule has 126 valence electrons. The number of hydrazine groups is 1. The van der Waals surface area contributed by atoms with Crippen LogP contribution in [0.5, 0.6) is 5.75 Å². The van der Waals surface area contributed by atoms with Crippen LogP contribution in [0.1, 0.15) is 46.0 Å². The molecule has 6 heteroatoms. The van der Waals surface area contributed by atoms with Crippen molar-refractivity contribution in [1.82, 2.24) is 10.9 Å². The maximum Gasteiger partial charge on any atom is 0.273 e. The van der Waals surface area contributed by atoms with E-state index in [2.05, 4.69) is 24.7 Å². The van der Waals surface area contributed by atoms with Crippen LogP contribution in [0.3, 0.4) is 0 Å². The fourth-order valence-corrected chi connectivity index (χ4v) is 2.30. The maximum absolute atomic E-state index is 12.2. The summed E-state index contributed by atoms with van der Waals surface area (Å²) in [5.74, 6) is -0.161. The molecule has 0 heterocycles. The molecule has 2 N–H and O–H groups in total. The van der Waals surface area contributed by atoms with Gasteiger partial charge in [-0.1, -0.05) is 37.6 Å². The molecule has 0 bridgehead atoms. The van der Waals surface area contributed by atoms with Gasteiger partial charge in [0.25, 0.3) is 11.8 Å². The first-order valence-corrected chi connectivity index (χ1v) is 7.84. The Morgan fingerprint density at radius 2 is 1.62 bits per heavy atom. The molecule has 2 aromatic carbocycles. The summed E-state index contributed by atoms with van der Waals surface area (Å²) in [4.78, 5) is 24.3. The molecule has 0 fully saturated rings. The fraction of sp³-hybridized carbons (Fsp3) is 0.222. The highest BCUT2D eigenvalue weighted by Crippen LogP contribution is 2.22. The van der Waals surface area contributed by atoms with Crippen LogP contribution in [0.25, 0.3) is 0 Å². The summed E-state index contributed by atoms with van der Waals surface area (Å²) < 4.78 is 5.12. The zero-order chi connectivity index (χ0) is 17.7. The molecule has 0 spiro atoms. The van der Waals surface area contributed by atoms with Gasteiger partial charge >= 0.3 is 0 Å². The van der Waals surface area contributed by atoms with Gasteiger partial charge in [-0.25, -0.2) is 0 Å². The lowest BCUT2D eigenvalue weighted by Crippen LogP contribution is -2.41. The summed E-state index contributed by atoms with van der Waals surface area (Å²) in [7, 11) is 1.45. The van der Waals surface area contributed by atoms with Crippen molar-refractivity contribution >= 4 is 23.4 Å². The van der Waals surface area contributed by atoms with Crippen LogP contribution in [-0.4, -0.2) is 18.9 Å². The number of carbonyl (C=O) groups is 2. The quantitative estimate of drug-likeness (QED) is 0.832. The lowest BCUT2D eigenvalue weighted by atomic mass is 10.0. The van der Waals surface area contributed by atoms with Crippen molar-refractivity contribution in [3.8, 4) is 5.75 Å². The van der Waals surface area contributed by atoms with Gasteiger partial charge < -0.3 is 4.74 Å². The summed E-state index contributed by atoms with van der Waals surface area (Å²) in [6.45, 7) is 4.15. The van der Waals surface area contributed by atoms with Gasteiger partial charge in [-0.3, -0.25) is 20.4 Å². The summed E-state index contributed by atoms with van der Waals surface area (Å²) in [5, 5.41) is 0.400. The Morgan fingerprint density at radius 3 is 2.21 bits per heavy atom. The zero-order valence-corrected chi connectivity index (χ0v) is 14.5. The van der Waals surface area contributed by atoms with Crippen LogP contribution in [0, 0.1) is 0 Å². The monoisotopic (exact) mass is 346 g/mol. The Labute approximate surface area is 145 Å². The van der Waals surface area contributed by atoms with Gasteiger partial charge in [0, 0.05) is 10.6 Å². The van der Waals surface area contributed by atoms with Crippen LogP contribution >= 0.6 is 11.6 Å². The number of amides is 2. The number of halogens is 1. The predicted octanol–water partition coefficient (Wildman–Crippen LogP) is 3.55. The second-order valence-electron chi connectivity index (χ2n) is 5.53. The van der Waals surface area contributed by atoms with Gasteiger partial charge in [0.05, 0.1) is 12.7 Å². The molecular formula is C18H19ClN2O3. The summed E-state index contributed by atoms with van der Waals surface area (Å²) in [6, 6.07) is 11.9. The molecule has 2 aromatic rings. The molecule has 0 saturated heterocycles. The van der Waals surface area contributed by atoms with Crippen molar-refractivity contribution in [2.24, 2.45) is 0 Å². The van der Waals surface area contributed by atoms with Gasteiger partial charge in [0.2, 0.25) is 0 Å². The SMILES string of the molecule is COc1ccc(Cl)cc1C(=O)NNC(=O)c1ccc(C(C)C)cc1. The van der Waals surface area contributed by atoms with Crippen molar-refractivity contribution in [2.45, 2.75) is 19.8 Å². The van der Waals surface area contributed by atoms with E-state index < -0.39 is 11.8 Å². The highest BCUT2D eigenvalue weighted by atomic mass is 35.5. The molecule has 24 heavy (non-hydrogen) atoms. The van der Waals surface area contributed by atoms with Gasteiger partial charge in [-0.05, 0) is 41.8 Å². The van der Waals surface area contributed by atoms with Crippen LogP contribution in [-0.2, 0) is 0 Å². The third-order valence-corrected chi connectivity index (χ3v) is 3.77. The van der Waals surface area contributed by atoms with E-state index in [0.29, 0.717) is 22.3 Å². The second kappa shape index (κ2) is 7.84. The Kier molecular flexibility index (Phi) is 5.82. The average molecular weight is 347 g/mol. The van der Waals surface area contributed by atoms with Gasteiger partial charge in [0.15, 0.2) is 0 Å². The third kappa shape index (κ3) is 4.26. The Balaban J connectivity index is 2.03. The molecule has 0 atom stereocenters. The lowest BCUT2D eigenvalue weighted by molar-refractivity contribution is 0.0845. The predicted molar refractivity (Wildman–Crippen MR) is 93.5 cm³/mol. The number of ether oxygens (including phenoxy) is 1. The van der Waals surface area contributed by atoms with Gasteiger partial charge in [-0.2, -0.15) is 0 Å². The van der Waals surface area contributed by atoms with E-state index in [4.69, 9.17) is 16.3 Å². The molecule has 0 saturated carbocycles. The van der Waals surface area contributed by atoms with E-state index in [1.54, 1.807) is 24.3 Å². The molecule has 0 aliphatic heterocycles. The van der Waals surface area contributed by atoms with Crippen molar-refractivity contribution in [1.29, 1.82) is 0 Å². The van der Waals surface area contributed by atoms with Crippen molar-refractivity contribution in [3.05, 3.63) is 64.2 Å². The fourth-order valence-electron chi connectivity index (χ4n) is 2.13. The molecule has 0 aromatic heterocycles. The second-order valence-corrected chi connectivity index (χ2v) is 5.97. The highest BCUT2D eigenvalue weighted by molar-refractivity contribution is 6.31. The van der Waals surface area contributed by atoms with Crippen molar-refractivity contribution < 1.29 is 14.3 Å². The van der Waals surface area contributed by atoms with Crippen LogP contribution < -0.4 is 15.6 Å². The molecule has 0 radical (unpaired) electrons. The normalized spacial score (nSPS) is 10.4. The molecule has 2 rings (SSSR count). The highest BCUT2D eigenvalue weighted by Gasteiger charge is 2.14.